The molecule has 0 aliphatic rings. The molecule has 0 N–H and O–H groups in total. The molecule has 0 saturated heterocycles. The summed E-state index contributed by atoms with van der Waals surface area (Å²) < 4.78 is 10.3. The summed E-state index contributed by atoms with van der Waals surface area (Å²) in [5.74, 6) is -0.105. The number of nitriles is 1. The molecule has 102 valence electrons. The van der Waals surface area contributed by atoms with Crippen LogP contribution in [-0.2, 0) is 4.74 Å². The van der Waals surface area contributed by atoms with Crippen LogP contribution in [0.1, 0.15) is 36.9 Å². The molecule has 20 heavy (non-hydrogen) atoms. The zero-order valence-corrected chi connectivity index (χ0v) is 11.6. The number of hydrogen-bond donors (Lipinski definition) is 0. The Bertz CT molecular complexity index is 654. The lowest BCUT2D eigenvalue weighted by Gasteiger charge is -2.19. The van der Waals surface area contributed by atoms with E-state index in [1.807, 2.05) is 26.8 Å². The summed E-state index contributed by atoms with van der Waals surface area (Å²) in [6, 6.07) is 10.6. The Morgan fingerprint density at radius 1 is 1.20 bits per heavy atom. The number of rotatable bonds is 2. The number of carbonyl (C=O) groups excluding carboxylic acids is 1. The predicted molar refractivity (Wildman–Crippen MR) is 74.0 cm³/mol. The number of benzene rings is 1. The smallest absolute Gasteiger partial charge is 0.338 e. The molecule has 0 unspecified atom stereocenters. The minimum absolute atomic E-state index is 0.259. The van der Waals surface area contributed by atoms with Gasteiger partial charge in [0.25, 0.3) is 0 Å². The van der Waals surface area contributed by atoms with Crippen molar-refractivity contribution >= 4 is 5.97 Å². The first-order valence-electron chi connectivity index (χ1n) is 6.22. The maximum atomic E-state index is 11.9. The van der Waals surface area contributed by atoms with E-state index in [4.69, 9.17) is 14.4 Å². The van der Waals surface area contributed by atoms with E-state index in [9.17, 15) is 4.79 Å². The summed E-state index contributed by atoms with van der Waals surface area (Å²) >= 11 is 0. The number of esters is 1. The van der Waals surface area contributed by atoms with Crippen molar-refractivity contribution in [3.8, 4) is 17.2 Å². The van der Waals surface area contributed by atoms with E-state index >= 15 is 0 Å². The molecular weight excluding hydrogens is 254 g/mol. The van der Waals surface area contributed by atoms with Crippen LogP contribution >= 0.6 is 0 Å². The zero-order chi connectivity index (χ0) is 14.8. The Morgan fingerprint density at radius 3 is 2.40 bits per heavy atom. The van der Waals surface area contributed by atoms with Crippen LogP contribution in [0.25, 0.3) is 11.1 Å². The highest BCUT2D eigenvalue weighted by atomic mass is 16.6. The van der Waals surface area contributed by atoms with Gasteiger partial charge in [0.1, 0.15) is 11.7 Å². The van der Waals surface area contributed by atoms with Crippen LogP contribution < -0.4 is 0 Å². The van der Waals surface area contributed by atoms with Crippen molar-refractivity contribution in [3.05, 3.63) is 47.9 Å². The highest BCUT2D eigenvalue weighted by Gasteiger charge is 2.18. The van der Waals surface area contributed by atoms with Gasteiger partial charge in [-0.15, -0.1) is 0 Å². The molecule has 2 aromatic rings. The summed E-state index contributed by atoms with van der Waals surface area (Å²) in [5, 5.41) is 8.92. The molecule has 0 aliphatic heterocycles. The molecule has 4 nitrogen and oxygen atoms in total. The lowest BCUT2D eigenvalue weighted by molar-refractivity contribution is 0.00696. The highest BCUT2D eigenvalue weighted by Crippen LogP contribution is 2.25. The number of carbonyl (C=O) groups is 1. The largest absolute Gasteiger partial charge is 0.456 e. The second-order valence-corrected chi connectivity index (χ2v) is 5.35. The monoisotopic (exact) mass is 269 g/mol. The fourth-order valence-electron chi connectivity index (χ4n) is 1.75. The third-order valence-corrected chi connectivity index (χ3v) is 2.60. The van der Waals surface area contributed by atoms with Gasteiger partial charge in [0.2, 0.25) is 5.76 Å². The van der Waals surface area contributed by atoms with Crippen molar-refractivity contribution in [1.82, 2.24) is 0 Å². The van der Waals surface area contributed by atoms with Crippen LogP contribution in [0.15, 0.2) is 41.0 Å². The molecule has 2 rings (SSSR count). The summed E-state index contributed by atoms with van der Waals surface area (Å²) in [6.45, 7) is 5.47. The molecule has 1 heterocycles. The molecule has 0 radical (unpaired) electrons. The quantitative estimate of drug-likeness (QED) is 0.778. The van der Waals surface area contributed by atoms with Gasteiger partial charge in [-0.1, -0.05) is 12.1 Å². The third kappa shape index (κ3) is 3.07. The van der Waals surface area contributed by atoms with Crippen LogP contribution in [0, 0.1) is 11.3 Å². The van der Waals surface area contributed by atoms with Crippen molar-refractivity contribution in [2.24, 2.45) is 0 Å². The van der Waals surface area contributed by atoms with E-state index in [2.05, 4.69) is 0 Å². The van der Waals surface area contributed by atoms with E-state index in [1.165, 1.54) is 6.26 Å². The molecule has 0 amide bonds. The molecule has 1 aromatic carbocycles. The van der Waals surface area contributed by atoms with Crippen LogP contribution in [0.3, 0.4) is 0 Å². The lowest BCUT2D eigenvalue weighted by atomic mass is 10.0. The third-order valence-electron chi connectivity index (χ3n) is 2.60. The number of furan rings is 1. The van der Waals surface area contributed by atoms with Gasteiger partial charge in [0.15, 0.2) is 0 Å². The van der Waals surface area contributed by atoms with E-state index in [0.29, 0.717) is 11.1 Å². The number of ether oxygens (including phenoxy) is 1. The highest BCUT2D eigenvalue weighted by molar-refractivity contribution is 5.90. The summed E-state index contributed by atoms with van der Waals surface area (Å²) in [6.07, 6.45) is 1.47. The average Bonchev–Trinajstić information content (AvgIpc) is 2.85. The van der Waals surface area contributed by atoms with Crippen LogP contribution in [0.5, 0.6) is 0 Å². The Labute approximate surface area is 117 Å². The van der Waals surface area contributed by atoms with Crippen molar-refractivity contribution in [1.29, 1.82) is 5.26 Å². The number of nitrogens with zero attached hydrogens (tertiary/aromatic N) is 1. The van der Waals surface area contributed by atoms with Crippen LogP contribution in [0.2, 0.25) is 0 Å². The van der Waals surface area contributed by atoms with Crippen molar-refractivity contribution in [2.45, 2.75) is 26.4 Å². The Hall–Kier alpha value is -2.54. The second kappa shape index (κ2) is 5.22. The van der Waals surface area contributed by atoms with Gasteiger partial charge in [0, 0.05) is 5.56 Å². The maximum Gasteiger partial charge on any atom is 0.338 e. The van der Waals surface area contributed by atoms with E-state index in [1.54, 1.807) is 30.3 Å². The van der Waals surface area contributed by atoms with E-state index < -0.39 is 5.60 Å². The van der Waals surface area contributed by atoms with Gasteiger partial charge in [0.05, 0.1) is 11.8 Å². The molecule has 1 aromatic heterocycles. The topological polar surface area (TPSA) is 63.2 Å². The van der Waals surface area contributed by atoms with E-state index in [0.717, 1.165) is 5.56 Å². The zero-order valence-electron chi connectivity index (χ0n) is 11.6. The second-order valence-electron chi connectivity index (χ2n) is 5.35. The minimum Gasteiger partial charge on any atom is -0.456 e. The van der Waals surface area contributed by atoms with Gasteiger partial charge in [-0.25, -0.2) is 4.79 Å². The molecule has 0 spiro atoms. The standard InChI is InChI=1S/C16H15NO3/c1-16(2,3)20-15(18)12-6-4-11(5-7-12)13-8-9-19-14(13)10-17/h4-9H,1-3H3. The predicted octanol–water partition coefficient (Wildman–Crippen LogP) is 3.77. The SMILES string of the molecule is CC(C)(C)OC(=O)c1ccc(-c2ccoc2C#N)cc1. The fourth-order valence-corrected chi connectivity index (χ4v) is 1.75. The van der Waals surface area contributed by atoms with Crippen molar-refractivity contribution < 1.29 is 13.9 Å². The Kier molecular flexibility index (Phi) is 3.62. The molecular formula is C16H15NO3. The van der Waals surface area contributed by atoms with Gasteiger partial charge in [-0.2, -0.15) is 5.26 Å². The van der Waals surface area contributed by atoms with Crippen LogP contribution in [0.4, 0.5) is 0 Å². The molecule has 4 heteroatoms. The maximum absolute atomic E-state index is 11.9. The summed E-state index contributed by atoms with van der Waals surface area (Å²) in [4.78, 5) is 11.9. The molecule has 0 aliphatic carbocycles. The summed E-state index contributed by atoms with van der Waals surface area (Å²) in [7, 11) is 0. The first-order chi connectivity index (χ1) is 9.40. The average molecular weight is 269 g/mol. The lowest BCUT2D eigenvalue weighted by Crippen LogP contribution is -2.23. The Morgan fingerprint density at radius 2 is 1.85 bits per heavy atom. The fraction of sp³-hybridized carbons (Fsp3) is 0.250. The summed E-state index contributed by atoms with van der Waals surface area (Å²) in [5.41, 5.74) is 1.49. The van der Waals surface area contributed by atoms with Crippen LogP contribution in [-0.4, -0.2) is 11.6 Å². The van der Waals surface area contributed by atoms with E-state index in [-0.39, 0.29) is 11.7 Å². The minimum atomic E-state index is -0.520. The molecule has 0 saturated carbocycles. The van der Waals surface area contributed by atoms with Gasteiger partial charge in [-0.05, 0) is 44.5 Å². The van der Waals surface area contributed by atoms with Crippen molar-refractivity contribution in [3.63, 3.8) is 0 Å². The normalized spacial score (nSPS) is 10.9. The Balaban J connectivity index is 2.23. The molecule has 0 bridgehead atoms. The molecule has 0 fully saturated rings. The molecule has 0 atom stereocenters. The van der Waals surface area contributed by atoms with Crippen molar-refractivity contribution in [2.75, 3.05) is 0 Å². The van der Waals surface area contributed by atoms with Gasteiger partial charge in [-0.3, -0.25) is 0 Å². The van der Waals surface area contributed by atoms with Gasteiger partial charge >= 0.3 is 5.97 Å². The van der Waals surface area contributed by atoms with Gasteiger partial charge < -0.3 is 9.15 Å². The first-order valence-corrected chi connectivity index (χ1v) is 6.22. The first kappa shape index (κ1) is 13.9. The number of hydrogen-bond acceptors (Lipinski definition) is 4.